The number of nitrogens with zero attached hydrogens (tertiary/aromatic N) is 1. The lowest BCUT2D eigenvalue weighted by atomic mass is 9.91. The van der Waals surface area contributed by atoms with E-state index in [0.717, 1.165) is 11.5 Å². The molecule has 0 aliphatic carbocycles. The molecule has 0 radical (unpaired) electrons. The highest BCUT2D eigenvalue weighted by molar-refractivity contribution is 6.00. The van der Waals surface area contributed by atoms with Gasteiger partial charge in [-0.1, -0.05) is 63.9 Å². The van der Waals surface area contributed by atoms with Crippen molar-refractivity contribution < 1.29 is 11.0 Å². The molecule has 1 atom stereocenters. The van der Waals surface area contributed by atoms with Gasteiger partial charge in [0, 0.05) is 7.85 Å². The highest BCUT2D eigenvalue weighted by Gasteiger charge is 2.27. The van der Waals surface area contributed by atoms with Gasteiger partial charge in [0.05, 0.1) is 5.92 Å². The summed E-state index contributed by atoms with van der Waals surface area (Å²) >= 11 is 0. The van der Waals surface area contributed by atoms with E-state index in [1.807, 2.05) is 30.3 Å². The summed E-state index contributed by atoms with van der Waals surface area (Å²) in [6.07, 6.45) is 6.64. The molecule has 2 fully saturated rings. The van der Waals surface area contributed by atoms with Crippen LogP contribution in [0.25, 0.3) is 0 Å². The highest BCUT2D eigenvalue weighted by Crippen LogP contribution is 2.23. The lowest BCUT2D eigenvalue weighted by molar-refractivity contribution is -0.134. The Labute approximate surface area is 160 Å². The van der Waals surface area contributed by atoms with Gasteiger partial charge >= 0.3 is 0 Å². The molecule has 148 valence electrons. The first kappa shape index (κ1) is 22.4. The molecule has 4 nitrogen and oxygen atoms in total. The van der Waals surface area contributed by atoms with Gasteiger partial charge in [0.25, 0.3) is 0 Å². The Balaban J connectivity index is 0.000000438. The molecule has 4 heteroatoms. The van der Waals surface area contributed by atoms with Crippen LogP contribution in [-0.4, -0.2) is 36.9 Å². The number of benzene rings is 1. The topological polar surface area (TPSA) is 49.4 Å². The summed E-state index contributed by atoms with van der Waals surface area (Å²) in [4.78, 5) is 24.8. The summed E-state index contributed by atoms with van der Waals surface area (Å²) in [5.41, 5.74) is 0.984. The highest BCUT2D eigenvalue weighted by atomic mass is 16.2. The summed E-state index contributed by atoms with van der Waals surface area (Å²) in [5, 5.41) is 2.35. The van der Waals surface area contributed by atoms with Crippen molar-refractivity contribution in [1.29, 1.82) is 0 Å². The number of likely N-dealkylation sites (tertiary alicyclic amines) is 1. The summed E-state index contributed by atoms with van der Waals surface area (Å²) in [6, 6.07) is 9.55. The average molecular weight is 363 g/mol. The molecule has 2 aliphatic heterocycles. The van der Waals surface area contributed by atoms with E-state index in [0.29, 0.717) is 12.8 Å². The average Bonchev–Trinajstić information content (AvgIpc) is 2.64. The van der Waals surface area contributed by atoms with Crippen molar-refractivity contribution in [2.75, 3.05) is 20.1 Å². The predicted octanol–water partition coefficient (Wildman–Crippen LogP) is 4.61. The molecule has 2 saturated heterocycles. The van der Waals surface area contributed by atoms with E-state index < -0.39 is 0 Å². The molecule has 3 rings (SSSR count). The second-order valence-corrected chi connectivity index (χ2v) is 7.58. The first-order valence-corrected chi connectivity index (χ1v) is 10.0. The molecule has 2 heterocycles. The number of hydrogen-bond donors (Lipinski definition) is 1. The van der Waals surface area contributed by atoms with Crippen LogP contribution in [0.4, 0.5) is 0 Å². The van der Waals surface area contributed by atoms with Crippen molar-refractivity contribution in [3.63, 3.8) is 0 Å². The minimum atomic E-state index is -0.174. The third-order valence-corrected chi connectivity index (χ3v) is 4.84. The molecular formula is C22H38N2O2. The Morgan fingerprint density at radius 2 is 1.69 bits per heavy atom. The van der Waals surface area contributed by atoms with E-state index in [-0.39, 0.29) is 19.2 Å². The monoisotopic (exact) mass is 362 g/mol. The molecule has 0 bridgehead atoms. The van der Waals surface area contributed by atoms with E-state index in [2.05, 4.69) is 38.0 Å². The van der Waals surface area contributed by atoms with E-state index in [4.69, 9.17) is 0 Å². The van der Waals surface area contributed by atoms with Crippen molar-refractivity contribution in [3.8, 4) is 0 Å². The number of imide groups is 1. The van der Waals surface area contributed by atoms with Crippen LogP contribution >= 0.6 is 0 Å². The van der Waals surface area contributed by atoms with E-state index in [1.54, 1.807) is 0 Å². The van der Waals surface area contributed by atoms with Gasteiger partial charge in [-0.25, -0.2) is 0 Å². The number of rotatable bonds is 2. The van der Waals surface area contributed by atoms with Crippen LogP contribution in [0.3, 0.4) is 0 Å². The Bertz CT molecular complexity index is 528. The lowest BCUT2D eigenvalue weighted by Crippen LogP contribution is -2.39. The van der Waals surface area contributed by atoms with Crippen molar-refractivity contribution in [2.45, 2.75) is 65.2 Å². The maximum atomic E-state index is 11.5. The van der Waals surface area contributed by atoms with Crippen LogP contribution < -0.4 is 5.32 Å². The molecule has 0 aromatic heterocycles. The van der Waals surface area contributed by atoms with Gasteiger partial charge in [-0.3, -0.25) is 14.9 Å². The van der Waals surface area contributed by atoms with Gasteiger partial charge in [0.2, 0.25) is 11.8 Å². The minimum Gasteiger partial charge on any atom is -0.306 e. The number of hydrogen-bond acceptors (Lipinski definition) is 3. The van der Waals surface area contributed by atoms with E-state index in [1.165, 1.54) is 38.8 Å². The second kappa shape index (κ2) is 12.6. The zero-order chi connectivity index (χ0) is 19.4. The molecule has 0 spiro atoms. The SMILES string of the molecule is CCC(C)C.CN1CCCCC1.O=C1CCC(c2ccccc2)C(=O)N1.[HH]. The Morgan fingerprint density at radius 3 is 2.12 bits per heavy atom. The molecular weight excluding hydrogens is 324 g/mol. The molecule has 2 amide bonds. The smallest absolute Gasteiger partial charge is 0.234 e. The van der Waals surface area contributed by atoms with Crippen LogP contribution in [0.5, 0.6) is 0 Å². The molecule has 1 unspecified atom stereocenters. The first-order valence-electron chi connectivity index (χ1n) is 10.0. The van der Waals surface area contributed by atoms with Crippen LogP contribution in [0.15, 0.2) is 30.3 Å². The van der Waals surface area contributed by atoms with Crippen LogP contribution in [0, 0.1) is 5.92 Å². The molecule has 0 saturated carbocycles. The number of carbonyl (C=O) groups excluding carboxylic acids is 2. The third kappa shape index (κ3) is 9.14. The lowest BCUT2D eigenvalue weighted by Gasteiger charge is -2.20. The van der Waals surface area contributed by atoms with Crippen molar-refractivity contribution in [3.05, 3.63) is 35.9 Å². The first-order chi connectivity index (χ1) is 12.4. The number of amides is 2. The van der Waals surface area contributed by atoms with Gasteiger partial charge in [-0.2, -0.15) is 0 Å². The second-order valence-electron chi connectivity index (χ2n) is 7.58. The number of nitrogens with one attached hydrogen (secondary N) is 1. The van der Waals surface area contributed by atoms with Gasteiger partial charge in [0.1, 0.15) is 0 Å². The Morgan fingerprint density at radius 1 is 1.12 bits per heavy atom. The Hall–Kier alpha value is -1.68. The largest absolute Gasteiger partial charge is 0.306 e. The fraction of sp³-hybridized carbons (Fsp3) is 0.636. The fourth-order valence-electron chi connectivity index (χ4n) is 2.75. The summed E-state index contributed by atoms with van der Waals surface area (Å²) in [6.45, 7) is 9.28. The zero-order valence-corrected chi connectivity index (χ0v) is 17.0. The maximum Gasteiger partial charge on any atom is 0.234 e. The summed E-state index contributed by atoms with van der Waals surface area (Å²) in [7, 11) is 2.19. The quantitative estimate of drug-likeness (QED) is 0.782. The number of carbonyl (C=O) groups is 2. The molecule has 2 aliphatic rings. The fourth-order valence-corrected chi connectivity index (χ4v) is 2.75. The molecule has 1 aromatic rings. The van der Waals surface area contributed by atoms with Crippen molar-refractivity contribution in [2.24, 2.45) is 5.92 Å². The standard InChI is InChI=1S/C11H11NO2.C6H13N.C5H12.H2/c13-10-7-6-9(11(14)12-10)8-4-2-1-3-5-8;1-7-5-3-2-4-6-7;1-4-5(2)3;/h1-5,9H,6-7H2,(H,12,13,14);2-6H2,1H3;5H,4H2,1-3H3;1H. The molecule has 1 N–H and O–H groups in total. The minimum absolute atomic E-state index is 0. The van der Waals surface area contributed by atoms with Gasteiger partial charge < -0.3 is 4.90 Å². The molecule has 26 heavy (non-hydrogen) atoms. The zero-order valence-electron chi connectivity index (χ0n) is 17.0. The Kier molecular flexibility index (Phi) is 10.9. The van der Waals surface area contributed by atoms with Gasteiger partial charge in [0.15, 0.2) is 0 Å². The van der Waals surface area contributed by atoms with Gasteiger partial charge in [-0.05, 0) is 50.9 Å². The summed E-state index contributed by atoms with van der Waals surface area (Å²) in [5.74, 6) is 0.388. The van der Waals surface area contributed by atoms with Crippen molar-refractivity contribution in [1.82, 2.24) is 10.2 Å². The predicted molar refractivity (Wildman–Crippen MR) is 110 cm³/mol. The van der Waals surface area contributed by atoms with Gasteiger partial charge in [-0.15, -0.1) is 0 Å². The number of piperidine rings is 2. The van der Waals surface area contributed by atoms with Crippen LogP contribution in [-0.2, 0) is 9.59 Å². The van der Waals surface area contributed by atoms with E-state index in [9.17, 15) is 9.59 Å². The summed E-state index contributed by atoms with van der Waals surface area (Å²) < 4.78 is 0. The van der Waals surface area contributed by atoms with E-state index >= 15 is 0 Å². The normalized spacial score (nSPS) is 20.4. The van der Waals surface area contributed by atoms with Crippen molar-refractivity contribution >= 4 is 11.8 Å². The van der Waals surface area contributed by atoms with Crippen LogP contribution in [0.2, 0.25) is 0 Å². The third-order valence-electron chi connectivity index (χ3n) is 4.84. The maximum absolute atomic E-state index is 11.5. The van der Waals surface area contributed by atoms with Crippen LogP contribution in [0.1, 0.15) is 72.2 Å². The molecule has 1 aromatic carbocycles.